The molecule has 7 heterocycles. The van der Waals surface area contributed by atoms with E-state index in [1.807, 2.05) is 157 Å². The molecule has 3 atom stereocenters. The number of cyclic esters (lactones) is 3. The summed E-state index contributed by atoms with van der Waals surface area (Å²) in [6, 6.07) is 59.2. The third-order valence-electron chi connectivity index (χ3n) is 15.2. The molecule has 3 fully saturated rings. The first-order valence-electron chi connectivity index (χ1n) is 29.1. The number of nitrogens with two attached hydrogens (primary N) is 1. The summed E-state index contributed by atoms with van der Waals surface area (Å²) in [6.07, 6.45) is -1.23. The summed E-state index contributed by atoms with van der Waals surface area (Å²) in [5.74, 6) is -0.0853. The molecule has 6 aromatic carbocycles. The molecule has 10 aromatic rings. The van der Waals surface area contributed by atoms with Crippen LogP contribution < -0.4 is 25.8 Å². The number of aromatic nitrogens is 8. The first-order chi connectivity index (χ1) is 44.5. The van der Waals surface area contributed by atoms with Crippen molar-refractivity contribution in [2.24, 2.45) is 5.73 Å². The molecular weight excluding hydrogens is 1250 g/mol. The molecule has 0 unspecified atom stereocenters. The zero-order chi connectivity index (χ0) is 66.2. The number of ether oxygens (including phenoxy) is 3. The van der Waals surface area contributed by atoms with Gasteiger partial charge >= 0.3 is 24.2 Å². The van der Waals surface area contributed by atoms with Gasteiger partial charge in [0.1, 0.15) is 45.9 Å². The second-order valence-electron chi connectivity index (χ2n) is 22.9. The number of Topliss-reactive ketones (excluding diaryl/α,β-unsaturated/α-hetero) is 1. The van der Waals surface area contributed by atoms with Crippen molar-refractivity contribution in [3.63, 3.8) is 0 Å². The van der Waals surface area contributed by atoms with Crippen molar-refractivity contribution in [1.82, 2.24) is 40.2 Å². The number of hydrogen-bond donors (Lipinski definition) is 3. The fourth-order valence-electron chi connectivity index (χ4n) is 11.0. The van der Waals surface area contributed by atoms with E-state index >= 15 is 0 Å². The van der Waals surface area contributed by atoms with Gasteiger partial charge in [-0.1, -0.05) is 126 Å². The number of benzene rings is 6. The number of carboxylic acid groups (broad SMARTS) is 1. The van der Waals surface area contributed by atoms with Gasteiger partial charge < -0.3 is 30.4 Å². The smallest absolute Gasteiger partial charge is 0.415 e. The van der Waals surface area contributed by atoms with Crippen LogP contribution in [0.15, 0.2) is 200 Å². The van der Waals surface area contributed by atoms with Crippen LogP contribution in [0.5, 0.6) is 0 Å². The van der Waals surface area contributed by atoms with Crippen LogP contribution in [0.1, 0.15) is 103 Å². The lowest BCUT2D eigenvalue weighted by Crippen LogP contribution is -2.33. The number of aromatic carboxylic acids is 1. The molecule has 93 heavy (non-hydrogen) atoms. The topological polar surface area (TPSA) is 276 Å². The van der Waals surface area contributed by atoms with E-state index in [2.05, 4.69) is 41.0 Å². The molecule has 3 saturated heterocycles. The molecular formula is C68H62Cl3N13O9. The average molecular weight is 1310 g/mol. The summed E-state index contributed by atoms with van der Waals surface area (Å²) in [7, 11) is 0. The molecule has 0 spiro atoms. The van der Waals surface area contributed by atoms with E-state index in [0.29, 0.717) is 51.1 Å². The first kappa shape index (κ1) is 65.6. The fraction of sp³-hybridized carbons (Fsp3) is 0.206. The zero-order valence-corrected chi connectivity index (χ0v) is 53.3. The molecule has 3 aliphatic heterocycles. The van der Waals surface area contributed by atoms with Gasteiger partial charge in [0, 0.05) is 34.7 Å². The van der Waals surface area contributed by atoms with Crippen molar-refractivity contribution in [3.05, 3.63) is 249 Å². The summed E-state index contributed by atoms with van der Waals surface area (Å²) >= 11 is 17.2. The lowest BCUT2D eigenvalue weighted by atomic mass is 9.91. The molecule has 3 amide bonds. The summed E-state index contributed by atoms with van der Waals surface area (Å²) < 4.78 is 18.5. The van der Waals surface area contributed by atoms with Crippen LogP contribution in [0.25, 0.3) is 17.0 Å². The zero-order valence-electron chi connectivity index (χ0n) is 51.0. The number of rotatable bonds is 13. The van der Waals surface area contributed by atoms with Crippen LogP contribution in [-0.2, 0) is 20.8 Å². The third kappa shape index (κ3) is 15.0. The number of nitrogens with zero attached hydrogens (tertiary/aromatic N) is 11. The minimum atomic E-state index is -1.000. The van der Waals surface area contributed by atoms with Crippen molar-refractivity contribution in [2.45, 2.75) is 83.0 Å². The molecule has 25 heteroatoms. The van der Waals surface area contributed by atoms with Crippen molar-refractivity contribution >= 4 is 93.4 Å². The highest BCUT2D eigenvalue weighted by Crippen LogP contribution is 2.47. The number of amides is 3. The maximum atomic E-state index is 12.8. The Bertz CT molecular complexity index is 4270. The number of carbonyl (C=O) groups is 5. The number of fused-ring (bicyclic) bond motifs is 1. The molecule has 474 valence electrons. The Balaban J connectivity index is 0.000000144. The predicted octanol–water partition coefficient (Wildman–Crippen LogP) is 14.3. The van der Waals surface area contributed by atoms with Crippen LogP contribution in [0, 0.1) is 0 Å². The molecule has 0 bridgehead atoms. The van der Waals surface area contributed by atoms with Crippen molar-refractivity contribution in [1.29, 1.82) is 0 Å². The number of carboxylic acids is 1. The highest BCUT2D eigenvalue weighted by Gasteiger charge is 2.51. The SMILES string of the molecule is CC1(C)OC(=O)N(c2ccc(-c3nnc4ccc(Cl)nn34)cc2)[C@H]1c1ccccc1.CC1(C)OC(=O)N(c2ccc(C(=O)CNc3ccc(Cl)nn3)cc2)[C@H]1c1ccccc1.CC1(C)OC(=O)N(c2ccc(C(=O)O)cc2)[C@H]1c1ccccc1.NCc1ccc(Cl)nn1. The Morgan fingerprint density at radius 2 is 0.892 bits per heavy atom. The second kappa shape index (κ2) is 28.0. The van der Waals surface area contributed by atoms with Crippen molar-refractivity contribution < 1.29 is 43.3 Å². The Labute approximate surface area is 549 Å². The van der Waals surface area contributed by atoms with E-state index in [1.165, 1.54) is 12.1 Å². The summed E-state index contributed by atoms with van der Waals surface area (Å²) in [5, 5.41) is 40.4. The number of anilines is 4. The number of nitrogens with one attached hydrogen (secondary N) is 1. The highest BCUT2D eigenvalue weighted by molar-refractivity contribution is 6.29. The molecule has 0 aliphatic carbocycles. The number of halogens is 3. The lowest BCUT2D eigenvalue weighted by Gasteiger charge is -2.29. The van der Waals surface area contributed by atoms with E-state index in [1.54, 1.807) is 92.0 Å². The van der Waals surface area contributed by atoms with Gasteiger partial charge in [0.25, 0.3) is 0 Å². The maximum absolute atomic E-state index is 12.8. The summed E-state index contributed by atoms with van der Waals surface area (Å²) in [4.78, 5) is 66.2. The van der Waals surface area contributed by atoms with E-state index in [0.717, 1.165) is 33.6 Å². The summed E-state index contributed by atoms with van der Waals surface area (Å²) in [6.45, 7) is 11.8. The third-order valence-corrected chi connectivity index (χ3v) is 15.8. The number of carbonyl (C=O) groups excluding carboxylic acids is 4. The largest absolute Gasteiger partial charge is 0.478 e. The summed E-state index contributed by atoms with van der Waals surface area (Å²) in [5.41, 5.74) is 11.0. The minimum Gasteiger partial charge on any atom is -0.478 e. The Morgan fingerprint density at radius 3 is 1.29 bits per heavy atom. The Hall–Kier alpha value is -10.4. The second-order valence-corrected chi connectivity index (χ2v) is 24.1. The van der Waals surface area contributed by atoms with Crippen LogP contribution in [0.3, 0.4) is 0 Å². The van der Waals surface area contributed by atoms with E-state index in [4.69, 9.17) is 59.9 Å². The van der Waals surface area contributed by atoms with Gasteiger partial charge in [0.05, 0.1) is 17.8 Å². The molecule has 4 N–H and O–H groups in total. The molecule has 13 rings (SSSR count). The van der Waals surface area contributed by atoms with Crippen molar-refractivity contribution in [3.8, 4) is 11.4 Å². The van der Waals surface area contributed by atoms with Crippen LogP contribution in [0.4, 0.5) is 37.3 Å². The van der Waals surface area contributed by atoms with Gasteiger partial charge in [-0.15, -0.1) is 25.5 Å². The van der Waals surface area contributed by atoms with Gasteiger partial charge in [0.15, 0.2) is 27.6 Å². The van der Waals surface area contributed by atoms with Gasteiger partial charge in [-0.25, -0.2) is 19.2 Å². The molecule has 3 aliphatic rings. The monoisotopic (exact) mass is 1310 g/mol. The molecule has 0 radical (unpaired) electrons. The van der Waals surface area contributed by atoms with E-state index in [9.17, 15) is 24.0 Å². The fourth-order valence-corrected chi connectivity index (χ4v) is 11.3. The highest BCUT2D eigenvalue weighted by atomic mass is 35.5. The number of ketones is 1. The average Bonchev–Trinajstić information content (AvgIpc) is 1.61. The van der Waals surface area contributed by atoms with Gasteiger partial charge in [-0.05, 0) is 167 Å². The van der Waals surface area contributed by atoms with Gasteiger partial charge in [0.2, 0.25) is 0 Å². The molecule has 4 aromatic heterocycles. The van der Waals surface area contributed by atoms with Gasteiger partial charge in [-0.2, -0.15) is 14.7 Å². The molecule has 0 saturated carbocycles. The normalized spacial score (nSPS) is 17.3. The van der Waals surface area contributed by atoms with E-state index < -0.39 is 35.0 Å². The van der Waals surface area contributed by atoms with E-state index in [-0.39, 0.29) is 47.3 Å². The van der Waals surface area contributed by atoms with Crippen molar-refractivity contribution in [2.75, 3.05) is 26.6 Å². The first-order valence-corrected chi connectivity index (χ1v) is 30.2. The quantitative estimate of drug-likeness (QED) is 0.0714. The maximum Gasteiger partial charge on any atom is 0.415 e. The minimum absolute atomic E-state index is 0.0566. The van der Waals surface area contributed by atoms with Crippen LogP contribution in [-0.4, -0.2) is 98.7 Å². The van der Waals surface area contributed by atoms with Crippen LogP contribution in [0.2, 0.25) is 15.5 Å². The lowest BCUT2D eigenvalue weighted by molar-refractivity contribution is 0.0676. The number of hydrogen-bond acceptors (Lipinski definition) is 17. The van der Waals surface area contributed by atoms with Crippen LogP contribution >= 0.6 is 34.8 Å². The Morgan fingerprint density at radius 1 is 0.484 bits per heavy atom. The molecule has 22 nitrogen and oxygen atoms in total. The standard InChI is InChI=1S/C23H21ClN4O3.C22H18ClN5O2.C18H17NO4.C5H6ClN3/c1-23(2)21(16-6-4-3-5-7-16)28(22(30)31-23)17-10-8-15(9-11-17)18(29)14-25-20-13-12-19(24)26-27-20;1-22(2)19(14-6-4-3-5-7-14)27(21(29)30-22)16-10-8-15(9-11-16)20-25-24-18-13-12-17(23)26-28(18)20;1-18(2)15(12-6-4-3-5-7-12)19(17(22)23-18)14-10-8-13(9-11-14)16(20)21;6-5-2-1-4(3-7)8-9-5/h3-13,21H,14H2,1-2H3,(H,25,27);3-13,19H,1-2H3;3-11,15H,1-2H3,(H,20,21);1-2H,3,7H2/t21-;19-;15-;/m000./s1. The Kier molecular flexibility index (Phi) is 19.7. The van der Waals surface area contributed by atoms with Gasteiger partial charge in [-0.3, -0.25) is 19.5 Å². The predicted molar refractivity (Wildman–Crippen MR) is 353 cm³/mol.